The second kappa shape index (κ2) is 10.8. The van der Waals surface area contributed by atoms with E-state index in [1.165, 1.54) is 6.08 Å². The third-order valence-corrected chi connectivity index (χ3v) is 3.74. The number of carbonyl (C=O) groups is 2. The van der Waals surface area contributed by atoms with Crippen molar-refractivity contribution >= 4 is 29.2 Å². The lowest BCUT2D eigenvalue weighted by Gasteiger charge is -2.13. The van der Waals surface area contributed by atoms with Gasteiger partial charge in [0.25, 0.3) is 0 Å². The van der Waals surface area contributed by atoms with Crippen LogP contribution in [0.5, 0.6) is 0 Å². The molecule has 1 amide bonds. The first-order chi connectivity index (χ1) is 11.0. The molecule has 1 N–H and O–H groups in total. The Morgan fingerprint density at radius 3 is 2.52 bits per heavy atom. The molecule has 1 atom stereocenters. The van der Waals surface area contributed by atoms with Gasteiger partial charge in [-0.25, -0.2) is 4.79 Å². The Hall–Kier alpha value is -1.81. The lowest BCUT2D eigenvalue weighted by molar-refractivity contribution is -0.139. The summed E-state index contributed by atoms with van der Waals surface area (Å²) in [5.74, 6) is -0.497. The zero-order chi connectivity index (χ0) is 17.1. The van der Waals surface area contributed by atoms with Crippen LogP contribution in [0.2, 0.25) is 5.02 Å². The molecule has 5 heteroatoms. The molecule has 0 aromatic heterocycles. The lowest BCUT2D eigenvalue weighted by Crippen LogP contribution is -2.13. The summed E-state index contributed by atoms with van der Waals surface area (Å²) in [5, 5.41) is 3.23. The fraction of sp³-hybridized carbons (Fsp3) is 0.444. The van der Waals surface area contributed by atoms with Gasteiger partial charge in [-0.1, -0.05) is 44.7 Å². The third kappa shape index (κ3) is 8.41. The van der Waals surface area contributed by atoms with Crippen molar-refractivity contribution in [1.82, 2.24) is 0 Å². The smallest absolute Gasteiger partial charge is 0.330 e. The summed E-state index contributed by atoms with van der Waals surface area (Å²) in [4.78, 5) is 23.3. The first-order valence-corrected chi connectivity index (χ1v) is 8.34. The van der Waals surface area contributed by atoms with E-state index in [0.29, 0.717) is 23.2 Å². The number of anilines is 1. The molecule has 1 aromatic rings. The molecule has 0 aliphatic rings. The molecular weight excluding hydrogens is 314 g/mol. The average molecular weight is 338 g/mol. The van der Waals surface area contributed by atoms with Gasteiger partial charge in [0.2, 0.25) is 5.91 Å². The van der Waals surface area contributed by atoms with Crippen LogP contribution in [0.4, 0.5) is 5.69 Å². The number of ether oxygens (including phenoxy) is 1. The van der Waals surface area contributed by atoms with Gasteiger partial charge in [0.05, 0.1) is 6.61 Å². The van der Waals surface area contributed by atoms with Crippen molar-refractivity contribution < 1.29 is 14.3 Å². The van der Waals surface area contributed by atoms with Crippen LogP contribution in [0.1, 0.15) is 39.5 Å². The predicted molar refractivity (Wildman–Crippen MR) is 93.5 cm³/mol. The van der Waals surface area contributed by atoms with E-state index in [1.807, 2.05) is 0 Å². The molecule has 1 unspecified atom stereocenters. The first-order valence-electron chi connectivity index (χ1n) is 7.96. The van der Waals surface area contributed by atoms with Gasteiger partial charge in [0.15, 0.2) is 0 Å². The highest BCUT2D eigenvalue weighted by molar-refractivity contribution is 6.30. The molecule has 0 saturated heterocycles. The highest BCUT2D eigenvalue weighted by Gasteiger charge is 2.08. The highest BCUT2D eigenvalue weighted by Crippen LogP contribution is 2.14. The maximum absolute atomic E-state index is 11.7. The number of hydrogen-bond donors (Lipinski definition) is 1. The molecule has 0 heterocycles. The minimum Gasteiger partial charge on any atom is -0.462 e. The quantitative estimate of drug-likeness (QED) is 0.529. The highest BCUT2D eigenvalue weighted by atomic mass is 35.5. The number of unbranched alkanes of at least 4 members (excludes halogenated alkanes) is 1. The van der Waals surface area contributed by atoms with Crippen LogP contribution in [-0.2, 0) is 14.3 Å². The number of nitrogens with one attached hydrogen (secondary N) is 1. The zero-order valence-electron chi connectivity index (χ0n) is 13.7. The van der Waals surface area contributed by atoms with Gasteiger partial charge >= 0.3 is 5.97 Å². The molecule has 0 radical (unpaired) electrons. The Morgan fingerprint density at radius 2 is 1.91 bits per heavy atom. The Kier molecular flexibility index (Phi) is 9.07. The summed E-state index contributed by atoms with van der Waals surface area (Å²) < 4.78 is 5.19. The molecule has 0 fully saturated rings. The molecule has 0 bridgehead atoms. The van der Waals surface area contributed by atoms with Gasteiger partial charge in [0.1, 0.15) is 0 Å². The van der Waals surface area contributed by atoms with E-state index in [4.69, 9.17) is 16.3 Å². The second-order valence-electron chi connectivity index (χ2n) is 5.38. The third-order valence-electron chi connectivity index (χ3n) is 3.49. The van der Waals surface area contributed by atoms with Crippen molar-refractivity contribution in [2.45, 2.75) is 39.5 Å². The van der Waals surface area contributed by atoms with Crippen molar-refractivity contribution in [1.29, 1.82) is 0 Å². The van der Waals surface area contributed by atoms with Crippen LogP contribution < -0.4 is 5.32 Å². The molecule has 0 spiro atoms. The van der Waals surface area contributed by atoms with E-state index < -0.39 is 5.97 Å². The molecular formula is C18H24ClNO3. The molecule has 1 aromatic carbocycles. The minimum atomic E-state index is -0.494. The fourth-order valence-corrected chi connectivity index (χ4v) is 2.13. The van der Waals surface area contributed by atoms with Gasteiger partial charge in [-0.2, -0.15) is 0 Å². The number of benzene rings is 1. The van der Waals surface area contributed by atoms with Crippen molar-refractivity contribution in [3.63, 3.8) is 0 Å². The second-order valence-corrected chi connectivity index (χ2v) is 5.81. The molecule has 126 valence electrons. The van der Waals surface area contributed by atoms with Crippen molar-refractivity contribution in [3.8, 4) is 0 Å². The number of rotatable bonds is 9. The summed E-state index contributed by atoms with van der Waals surface area (Å²) >= 11 is 5.77. The van der Waals surface area contributed by atoms with Gasteiger partial charge in [-0.3, -0.25) is 4.79 Å². The SMILES string of the molecule is CCCCC(CC)COC(=O)/C=C/C(=O)Nc1ccc(Cl)cc1. The van der Waals surface area contributed by atoms with Crippen LogP contribution in [-0.4, -0.2) is 18.5 Å². The molecule has 0 aliphatic carbocycles. The number of hydrogen-bond acceptors (Lipinski definition) is 3. The lowest BCUT2D eigenvalue weighted by atomic mass is 10.0. The summed E-state index contributed by atoms with van der Waals surface area (Å²) in [6, 6.07) is 6.73. The number of amides is 1. The predicted octanol–water partition coefficient (Wildman–Crippen LogP) is 4.59. The van der Waals surface area contributed by atoms with Gasteiger partial charge < -0.3 is 10.1 Å². The van der Waals surface area contributed by atoms with Gasteiger partial charge in [-0.05, 0) is 36.6 Å². The maximum Gasteiger partial charge on any atom is 0.330 e. The zero-order valence-corrected chi connectivity index (χ0v) is 14.4. The van der Waals surface area contributed by atoms with E-state index in [2.05, 4.69) is 19.2 Å². The Morgan fingerprint density at radius 1 is 1.22 bits per heavy atom. The molecule has 23 heavy (non-hydrogen) atoms. The van der Waals surface area contributed by atoms with Crippen LogP contribution >= 0.6 is 11.6 Å². The monoisotopic (exact) mass is 337 g/mol. The van der Waals surface area contributed by atoms with Crippen LogP contribution in [0.3, 0.4) is 0 Å². The summed E-state index contributed by atoms with van der Waals surface area (Å²) in [6.07, 6.45) is 6.63. The normalized spacial score (nSPS) is 12.1. The van der Waals surface area contributed by atoms with E-state index in [1.54, 1.807) is 24.3 Å². The number of carbonyl (C=O) groups excluding carboxylic acids is 2. The molecule has 0 aliphatic heterocycles. The summed E-state index contributed by atoms with van der Waals surface area (Å²) in [5.41, 5.74) is 0.614. The van der Waals surface area contributed by atoms with Crippen molar-refractivity contribution in [3.05, 3.63) is 41.4 Å². The Balaban J connectivity index is 2.36. The van der Waals surface area contributed by atoms with Crippen molar-refractivity contribution in [2.75, 3.05) is 11.9 Å². The van der Waals surface area contributed by atoms with Crippen molar-refractivity contribution in [2.24, 2.45) is 5.92 Å². The average Bonchev–Trinajstić information content (AvgIpc) is 2.55. The van der Waals surface area contributed by atoms with Crippen LogP contribution in [0.25, 0.3) is 0 Å². The Bertz CT molecular complexity index is 526. The first kappa shape index (κ1) is 19.2. The summed E-state index contributed by atoms with van der Waals surface area (Å²) in [7, 11) is 0. The van der Waals surface area contributed by atoms with E-state index in [-0.39, 0.29) is 5.91 Å². The molecule has 4 nitrogen and oxygen atoms in total. The molecule has 1 rings (SSSR count). The van der Waals surface area contributed by atoms with Crippen LogP contribution in [0, 0.1) is 5.92 Å². The molecule has 0 saturated carbocycles. The van der Waals surface area contributed by atoms with Crippen LogP contribution in [0.15, 0.2) is 36.4 Å². The summed E-state index contributed by atoms with van der Waals surface area (Å²) in [6.45, 7) is 4.63. The number of esters is 1. The minimum absolute atomic E-state index is 0.384. The standard InChI is InChI=1S/C18H24ClNO3/c1-3-5-6-14(4-2)13-23-18(22)12-11-17(21)20-16-9-7-15(19)8-10-16/h7-12,14H,3-6,13H2,1-2H3,(H,20,21)/b12-11+. The number of halogens is 1. The largest absolute Gasteiger partial charge is 0.462 e. The topological polar surface area (TPSA) is 55.4 Å². The fourth-order valence-electron chi connectivity index (χ4n) is 2.01. The van der Waals surface area contributed by atoms with Gasteiger partial charge in [-0.15, -0.1) is 0 Å². The Labute approximate surface area is 142 Å². The van der Waals surface area contributed by atoms with E-state index in [0.717, 1.165) is 31.8 Å². The van der Waals surface area contributed by atoms with E-state index >= 15 is 0 Å². The van der Waals surface area contributed by atoms with E-state index in [9.17, 15) is 9.59 Å². The maximum atomic E-state index is 11.7. The van der Waals surface area contributed by atoms with Gasteiger partial charge in [0, 0.05) is 22.9 Å².